The number of amides is 3. The molecule has 2 bridgehead atoms. The molecule has 4 atom stereocenters. The van der Waals surface area contributed by atoms with Crippen LogP contribution < -0.4 is 5.32 Å². The van der Waals surface area contributed by atoms with Crippen molar-refractivity contribution in [2.75, 3.05) is 13.1 Å². The second kappa shape index (κ2) is 7.71. The van der Waals surface area contributed by atoms with Crippen molar-refractivity contribution in [3.05, 3.63) is 59.2 Å². The lowest BCUT2D eigenvalue weighted by atomic mass is 9.46. The molecule has 5 aliphatic rings. The van der Waals surface area contributed by atoms with E-state index < -0.39 is 22.6 Å². The predicted molar refractivity (Wildman–Crippen MR) is 135 cm³/mol. The molecule has 3 aliphatic carbocycles. The van der Waals surface area contributed by atoms with Gasteiger partial charge in [-0.2, -0.15) is 0 Å². The molecule has 8 heteroatoms. The van der Waals surface area contributed by atoms with Crippen LogP contribution in [-0.4, -0.2) is 67.3 Å². The monoisotopic (exact) mass is 503 g/mol. The van der Waals surface area contributed by atoms with Crippen molar-refractivity contribution in [2.24, 2.45) is 5.92 Å². The lowest BCUT2D eigenvalue weighted by molar-refractivity contribution is -0.181. The molecule has 4 fully saturated rings. The molecule has 194 valence electrons. The van der Waals surface area contributed by atoms with Gasteiger partial charge in [0, 0.05) is 18.0 Å². The van der Waals surface area contributed by atoms with Gasteiger partial charge in [0.25, 0.3) is 5.91 Å². The van der Waals surface area contributed by atoms with Gasteiger partial charge in [-0.05, 0) is 98.4 Å². The fourth-order valence-electron chi connectivity index (χ4n) is 7.88. The number of nitrogens with zero attached hydrogens (tertiary/aromatic N) is 2. The summed E-state index contributed by atoms with van der Waals surface area (Å²) in [5.74, 6) is 0.734. The quantitative estimate of drug-likeness (QED) is 0.478. The van der Waals surface area contributed by atoms with Crippen LogP contribution in [-0.2, 0) is 23.2 Å². The Bertz CT molecular complexity index is 1290. The zero-order valence-electron chi connectivity index (χ0n) is 20.8. The third-order valence-corrected chi connectivity index (χ3v) is 9.92. The SMILES string of the molecule is O=C1N[C@]2(CC[C@@]3(O)[C@H]4Cc5ccc(O)cc5[C@@]3(CCN4CC3CC3)C2)C(=O)N1Cc1ccc(O)cc1. The number of carbonyl (C=O) groups is 2. The van der Waals surface area contributed by atoms with Crippen LogP contribution >= 0.6 is 0 Å². The molecule has 1 spiro atoms. The number of aliphatic hydroxyl groups is 1. The number of imide groups is 1. The minimum absolute atomic E-state index is 0.0449. The number of benzene rings is 2. The molecule has 0 radical (unpaired) electrons. The zero-order chi connectivity index (χ0) is 25.6. The highest BCUT2D eigenvalue weighted by Gasteiger charge is 2.70. The Morgan fingerprint density at radius 3 is 2.49 bits per heavy atom. The number of hydrogen-bond donors (Lipinski definition) is 4. The van der Waals surface area contributed by atoms with Crippen molar-refractivity contribution in [3.8, 4) is 11.5 Å². The van der Waals surface area contributed by atoms with Crippen LogP contribution in [0.1, 0.15) is 55.2 Å². The van der Waals surface area contributed by atoms with E-state index in [0.29, 0.717) is 31.6 Å². The predicted octanol–water partition coefficient (Wildman–Crippen LogP) is 2.78. The lowest BCUT2D eigenvalue weighted by Gasteiger charge is -2.65. The molecule has 0 aromatic heterocycles. The molecule has 37 heavy (non-hydrogen) atoms. The summed E-state index contributed by atoms with van der Waals surface area (Å²) in [5.41, 5.74) is -0.0754. The second-order valence-electron chi connectivity index (χ2n) is 12.0. The van der Waals surface area contributed by atoms with Gasteiger partial charge in [0.05, 0.1) is 12.1 Å². The number of hydrogen-bond acceptors (Lipinski definition) is 6. The van der Waals surface area contributed by atoms with Gasteiger partial charge in [0.15, 0.2) is 0 Å². The zero-order valence-corrected chi connectivity index (χ0v) is 20.8. The first kappa shape index (κ1) is 23.0. The molecular formula is C29H33N3O5. The van der Waals surface area contributed by atoms with Crippen LogP contribution in [0.4, 0.5) is 4.79 Å². The van der Waals surface area contributed by atoms with Gasteiger partial charge < -0.3 is 20.6 Å². The van der Waals surface area contributed by atoms with Crippen molar-refractivity contribution < 1.29 is 24.9 Å². The Labute approximate surface area is 215 Å². The molecule has 2 heterocycles. The van der Waals surface area contributed by atoms with Gasteiger partial charge in [-0.25, -0.2) is 4.79 Å². The van der Waals surface area contributed by atoms with Crippen LogP contribution in [0, 0.1) is 5.92 Å². The van der Waals surface area contributed by atoms with Crippen molar-refractivity contribution in [1.82, 2.24) is 15.1 Å². The molecule has 2 aliphatic heterocycles. The van der Waals surface area contributed by atoms with Crippen molar-refractivity contribution in [2.45, 2.75) is 74.1 Å². The molecular weight excluding hydrogens is 470 g/mol. The standard InChI is InChI=1S/C29H33N3O5/c33-21-6-3-19(4-7-21)16-32-25(35)28(30-26(32)36)9-10-29(37)24-13-20-5-8-22(34)14-23(20)27(29,17-28)11-12-31(24)15-18-1-2-18/h3-8,14,18,24,33-34,37H,1-2,9-13,15-17H2,(H,30,36)/t24-,27-,28+,29-/m1/s1. The molecule has 2 aromatic rings. The molecule has 7 rings (SSSR count). The van der Waals surface area contributed by atoms with E-state index in [9.17, 15) is 24.9 Å². The molecule has 8 nitrogen and oxygen atoms in total. The first-order chi connectivity index (χ1) is 17.7. The van der Waals surface area contributed by atoms with Gasteiger partial charge in [-0.3, -0.25) is 14.6 Å². The Hall–Kier alpha value is -3.10. The Morgan fingerprint density at radius 2 is 1.73 bits per heavy atom. The van der Waals surface area contributed by atoms with Crippen molar-refractivity contribution in [3.63, 3.8) is 0 Å². The summed E-state index contributed by atoms with van der Waals surface area (Å²) in [5, 5.41) is 35.6. The third-order valence-electron chi connectivity index (χ3n) is 9.92. The smallest absolute Gasteiger partial charge is 0.325 e. The van der Waals surface area contributed by atoms with Crippen LogP contribution in [0.25, 0.3) is 0 Å². The van der Waals surface area contributed by atoms with Gasteiger partial charge >= 0.3 is 6.03 Å². The maximum Gasteiger partial charge on any atom is 0.325 e. The fourth-order valence-corrected chi connectivity index (χ4v) is 7.88. The van der Waals surface area contributed by atoms with Crippen molar-refractivity contribution in [1.29, 1.82) is 0 Å². The Morgan fingerprint density at radius 1 is 0.973 bits per heavy atom. The van der Waals surface area contributed by atoms with Gasteiger partial charge in [0.2, 0.25) is 0 Å². The van der Waals surface area contributed by atoms with E-state index in [1.807, 2.05) is 6.07 Å². The molecule has 2 saturated carbocycles. The number of likely N-dealkylation sites (tertiary alicyclic amines) is 1. The maximum absolute atomic E-state index is 13.9. The van der Waals surface area contributed by atoms with Crippen LogP contribution in [0.5, 0.6) is 11.5 Å². The first-order valence-electron chi connectivity index (χ1n) is 13.4. The fraction of sp³-hybridized carbons (Fsp3) is 0.517. The number of phenolic OH excluding ortho intramolecular Hbond substituents is 2. The largest absolute Gasteiger partial charge is 0.508 e. The number of aromatic hydroxyl groups is 2. The minimum Gasteiger partial charge on any atom is -0.508 e. The van der Waals surface area contributed by atoms with E-state index >= 15 is 0 Å². The van der Waals surface area contributed by atoms with Crippen LogP contribution in [0.3, 0.4) is 0 Å². The van der Waals surface area contributed by atoms with Gasteiger partial charge in [-0.15, -0.1) is 0 Å². The molecule has 2 saturated heterocycles. The third kappa shape index (κ3) is 3.28. The summed E-state index contributed by atoms with van der Waals surface area (Å²) in [7, 11) is 0. The maximum atomic E-state index is 13.9. The normalized spacial score (nSPS) is 34.8. The van der Waals surface area contributed by atoms with E-state index in [4.69, 9.17) is 0 Å². The second-order valence-corrected chi connectivity index (χ2v) is 12.0. The van der Waals surface area contributed by atoms with Crippen molar-refractivity contribution >= 4 is 11.9 Å². The highest BCUT2D eigenvalue weighted by Crippen LogP contribution is 2.61. The summed E-state index contributed by atoms with van der Waals surface area (Å²) in [6, 6.07) is 11.5. The summed E-state index contributed by atoms with van der Waals surface area (Å²) in [6.07, 6.45) is 5.00. The van der Waals surface area contributed by atoms with E-state index in [1.54, 1.807) is 36.4 Å². The topological polar surface area (TPSA) is 113 Å². The number of nitrogens with one attached hydrogen (secondary N) is 1. The number of carbonyl (C=O) groups excluding carboxylic acids is 2. The summed E-state index contributed by atoms with van der Waals surface area (Å²) in [6.45, 7) is 1.95. The highest BCUT2D eigenvalue weighted by atomic mass is 16.3. The summed E-state index contributed by atoms with van der Waals surface area (Å²) < 4.78 is 0. The number of piperidine rings is 1. The van der Waals surface area contributed by atoms with Crippen LogP contribution in [0.2, 0.25) is 0 Å². The summed E-state index contributed by atoms with van der Waals surface area (Å²) >= 11 is 0. The number of urea groups is 1. The number of phenols is 2. The first-order valence-corrected chi connectivity index (χ1v) is 13.4. The molecule has 2 aromatic carbocycles. The van der Waals surface area contributed by atoms with E-state index in [1.165, 1.54) is 17.7 Å². The highest BCUT2D eigenvalue weighted by molar-refractivity contribution is 6.07. The van der Waals surface area contributed by atoms with Crippen LogP contribution in [0.15, 0.2) is 42.5 Å². The average Bonchev–Trinajstić information content (AvgIpc) is 3.66. The molecule has 3 amide bonds. The van der Waals surface area contributed by atoms with Gasteiger partial charge in [-0.1, -0.05) is 18.2 Å². The average molecular weight is 504 g/mol. The van der Waals surface area contributed by atoms with Gasteiger partial charge in [0.1, 0.15) is 17.0 Å². The molecule has 4 N–H and O–H groups in total. The van der Waals surface area contributed by atoms with E-state index in [2.05, 4.69) is 10.2 Å². The number of rotatable bonds is 4. The minimum atomic E-state index is -1.09. The van der Waals surface area contributed by atoms with E-state index in [0.717, 1.165) is 36.2 Å². The number of fused-ring (bicyclic) bond motifs is 1. The lowest BCUT2D eigenvalue weighted by Crippen LogP contribution is -2.76. The Balaban J connectivity index is 1.27. The molecule has 0 unspecified atom stereocenters. The summed E-state index contributed by atoms with van der Waals surface area (Å²) in [4.78, 5) is 30.8. The Kier molecular flexibility index (Phi) is 4.80. The van der Waals surface area contributed by atoms with E-state index in [-0.39, 0.29) is 30.0 Å².